The number of pyridine rings is 1. The Balaban J connectivity index is 3.40. The Hall–Kier alpha value is -0.890. The molecule has 0 aliphatic carbocycles. The summed E-state index contributed by atoms with van der Waals surface area (Å²) in [5, 5.41) is 0.401. The van der Waals surface area contributed by atoms with Crippen LogP contribution >= 0.6 is 11.6 Å². The molecule has 1 rings (SSSR count). The van der Waals surface area contributed by atoms with E-state index in [1.807, 2.05) is 6.92 Å². The zero-order chi connectivity index (χ0) is 8.43. The average Bonchev–Trinajstić information content (AvgIpc) is 1.99. The van der Waals surface area contributed by atoms with Gasteiger partial charge in [0, 0.05) is 11.8 Å². The summed E-state index contributed by atoms with van der Waals surface area (Å²) in [5.41, 5.74) is 2.26. The van der Waals surface area contributed by atoms with E-state index in [0.717, 1.165) is 17.4 Å². The van der Waals surface area contributed by atoms with Gasteiger partial charge in [-0.1, -0.05) is 11.6 Å². The number of hydrogen-bond donors (Lipinski definition) is 0. The molecule has 0 fully saturated rings. The fourth-order valence-electron chi connectivity index (χ4n) is 0.908. The van der Waals surface area contributed by atoms with E-state index in [9.17, 15) is 4.79 Å². The van der Waals surface area contributed by atoms with E-state index >= 15 is 0 Å². The Morgan fingerprint density at radius 2 is 2.18 bits per heavy atom. The Bertz CT molecular complexity index is 296. The van der Waals surface area contributed by atoms with Crippen LogP contribution in [0.2, 0.25) is 5.15 Å². The molecule has 1 aromatic rings. The Labute approximate surface area is 70.2 Å². The van der Waals surface area contributed by atoms with Crippen molar-refractivity contribution in [3.05, 3.63) is 28.0 Å². The summed E-state index contributed by atoms with van der Waals surface area (Å²) in [6.07, 6.45) is 2.40. The summed E-state index contributed by atoms with van der Waals surface area (Å²) in [6.45, 7) is 3.62. The van der Waals surface area contributed by atoms with E-state index in [-0.39, 0.29) is 0 Å². The lowest BCUT2D eigenvalue weighted by atomic mass is 10.1. The van der Waals surface area contributed by atoms with Gasteiger partial charge in [0.1, 0.15) is 5.15 Å². The van der Waals surface area contributed by atoms with Crippen LogP contribution in [0.3, 0.4) is 0 Å². The molecule has 0 N–H and O–H groups in total. The van der Waals surface area contributed by atoms with Gasteiger partial charge >= 0.3 is 0 Å². The molecule has 0 radical (unpaired) electrons. The first-order valence-corrected chi connectivity index (χ1v) is 3.61. The highest BCUT2D eigenvalue weighted by atomic mass is 35.5. The lowest BCUT2D eigenvalue weighted by Gasteiger charge is -2.02. The maximum absolute atomic E-state index is 10.5. The summed E-state index contributed by atoms with van der Waals surface area (Å²) in [4.78, 5) is 14.4. The highest BCUT2D eigenvalue weighted by Crippen LogP contribution is 2.17. The molecule has 0 amide bonds. The zero-order valence-electron chi connectivity index (χ0n) is 6.39. The number of aldehydes is 1. The van der Waals surface area contributed by atoms with E-state index in [1.54, 1.807) is 13.1 Å². The zero-order valence-corrected chi connectivity index (χ0v) is 7.14. The molecule has 0 spiro atoms. The smallest absolute Gasteiger partial charge is 0.150 e. The van der Waals surface area contributed by atoms with Crippen molar-refractivity contribution in [3.8, 4) is 0 Å². The van der Waals surface area contributed by atoms with Gasteiger partial charge < -0.3 is 0 Å². The lowest BCUT2D eigenvalue weighted by molar-refractivity contribution is 0.112. The summed E-state index contributed by atoms with van der Waals surface area (Å²) in [7, 11) is 0. The third-order valence-electron chi connectivity index (χ3n) is 1.63. The second-order valence-electron chi connectivity index (χ2n) is 2.39. The van der Waals surface area contributed by atoms with Gasteiger partial charge in [-0.05, 0) is 25.0 Å². The Kier molecular flexibility index (Phi) is 2.25. The molecule has 58 valence electrons. The van der Waals surface area contributed by atoms with Crippen LogP contribution in [0.25, 0.3) is 0 Å². The third-order valence-corrected chi connectivity index (χ3v) is 2.01. The van der Waals surface area contributed by atoms with Crippen molar-refractivity contribution in [1.29, 1.82) is 0 Å². The van der Waals surface area contributed by atoms with Crippen molar-refractivity contribution in [3.63, 3.8) is 0 Å². The normalized spacial score (nSPS) is 9.73. The molecule has 0 unspecified atom stereocenters. The standard InChI is InChI=1S/C8H8ClNO/c1-5-3-10-8(9)6(2)7(5)4-11/h3-4H,1-2H3. The highest BCUT2D eigenvalue weighted by molar-refractivity contribution is 6.30. The topological polar surface area (TPSA) is 30.0 Å². The number of aryl methyl sites for hydroxylation is 1. The van der Waals surface area contributed by atoms with Crippen LogP contribution in [0.4, 0.5) is 0 Å². The van der Waals surface area contributed by atoms with Crippen LogP contribution in [-0.4, -0.2) is 11.3 Å². The predicted octanol–water partition coefficient (Wildman–Crippen LogP) is 2.16. The minimum Gasteiger partial charge on any atom is -0.298 e. The molecule has 0 aliphatic rings. The van der Waals surface area contributed by atoms with Gasteiger partial charge in [-0.2, -0.15) is 0 Å². The Morgan fingerprint density at radius 3 is 2.64 bits per heavy atom. The molecule has 3 heteroatoms. The SMILES string of the molecule is Cc1cnc(Cl)c(C)c1C=O. The van der Waals surface area contributed by atoms with Crippen molar-refractivity contribution in [2.45, 2.75) is 13.8 Å². The number of nitrogens with zero attached hydrogens (tertiary/aromatic N) is 1. The molecule has 2 nitrogen and oxygen atoms in total. The van der Waals surface area contributed by atoms with Gasteiger partial charge in [-0.3, -0.25) is 4.79 Å². The molecule has 0 aromatic carbocycles. The number of aromatic nitrogens is 1. The molecule has 1 heterocycles. The minimum atomic E-state index is 0.401. The third kappa shape index (κ3) is 1.40. The summed E-state index contributed by atoms with van der Waals surface area (Å²) in [6, 6.07) is 0. The number of carbonyl (C=O) groups excluding carboxylic acids is 1. The molecule has 0 bridgehead atoms. The van der Waals surface area contributed by atoms with Crippen molar-refractivity contribution in [1.82, 2.24) is 4.98 Å². The van der Waals surface area contributed by atoms with Gasteiger partial charge in [-0.25, -0.2) is 4.98 Å². The van der Waals surface area contributed by atoms with Crippen molar-refractivity contribution in [2.24, 2.45) is 0 Å². The second kappa shape index (κ2) is 3.01. The number of hydrogen-bond acceptors (Lipinski definition) is 2. The van der Waals surface area contributed by atoms with Gasteiger partial charge in [0.05, 0.1) is 0 Å². The van der Waals surface area contributed by atoms with Gasteiger partial charge in [-0.15, -0.1) is 0 Å². The molecule has 0 aliphatic heterocycles. The summed E-state index contributed by atoms with van der Waals surface area (Å²) in [5.74, 6) is 0. The van der Waals surface area contributed by atoms with Gasteiger partial charge in [0.15, 0.2) is 6.29 Å². The van der Waals surface area contributed by atoms with Crippen LogP contribution in [0.5, 0.6) is 0 Å². The van der Waals surface area contributed by atoms with Crippen LogP contribution < -0.4 is 0 Å². The largest absolute Gasteiger partial charge is 0.298 e. The highest BCUT2D eigenvalue weighted by Gasteiger charge is 2.04. The maximum Gasteiger partial charge on any atom is 0.150 e. The van der Waals surface area contributed by atoms with E-state index in [0.29, 0.717) is 10.7 Å². The van der Waals surface area contributed by atoms with Crippen LogP contribution in [-0.2, 0) is 0 Å². The van der Waals surface area contributed by atoms with Gasteiger partial charge in [0.25, 0.3) is 0 Å². The fraction of sp³-hybridized carbons (Fsp3) is 0.250. The van der Waals surface area contributed by atoms with Crippen molar-refractivity contribution >= 4 is 17.9 Å². The summed E-state index contributed by atoms with van der Waals surface area (Å²) < 4.78 is 0. The second-order valence-corrected chi connectivity index (χ2v) is 2.75. The monoisotopic (exact) mass is 169 g/mol. The quantitative estimate of drug-likeness (QED) is 0.477. The predicted molar refractivity (Wildman–Crippen MR) is 44.1 cm³/mol. The Morgan fingerprint density at radius 1 is 1.55 bits per heavy atom. The van der Waals surface area contributed by atoms with Crippen molar-refractivity contribution in [2.75, 3.05) is 0 Å². The van der Waals surface area contributed by atoms with Crippen LogP contribution in [0, 0.1) is 13.8 Å². The van der Waals surface area contributed by atoms with Crippen LogP contribution in [0.15, 0.2) is 6.20 Å². The van der Waals surface area contributed by atoms with Crippen LogP contribution in [0.1, 0.15) is 21.5 Å². The first-order chi connectivity index (χ1) is 5.16. The molecular formula is C8H8ClNO. The molecular weight excluding hydrogens is 162 g/mol. The minimum absolute atomic E-state index is 0.401. The van der Waals surface area contributed by atoms with E-state index in [1.165, 1.54) is 0 Å². The summed E-state index contributed by atoms with van der Waals surface area (Å²) >= 11 is 5.69. The van der Waals surface area contributed by atoms with Gasteiger partial charge in [0.2, 0.25) is 0 Å². The number of rotatable bonds is 1. The first kappa shape index (κ1) is 8.21. The molecule has 0 saturated carbocycles. The number of carbonyl (C=O) groups is 1. The van der Waals surface area contributed by atoms with E-state index in [4.69, 9.17) is 11.6 Å². The van der Waals surface area contributed by atoms with Crippen molar-refractivity contribution < 1.29 is 4.79 Å². The number of halogens is 1. The molecule has 0 saturated heterocycles. The average molecular weight is 170 g/mol. The molecule has 0 atom stereocenters. The maximum atomic E-state index is 10.5. The van der Waals surface area contributed by atoms with E-state index in [2.05, 4.69) is 4.98 Å². The molecule has 1 aromatic heterocycles. The lowest BCUT2D eigenvalue weighted by Crippen LogP contribution is -1.94. The fourth-order valence-corrected chi connectivity index (χ4v) is 1.06. The first-order valence-electron chi connectivity index (χ1n) is 3.23. The molecule has 11 heavy (non-hydrogen) atoms. The van der Waals surface area contributed by atoms with E-state index < -0.39 is 0 Å².